The lowest BCUT2D eigenvalue weighted by molar-refractivity contribution is 0.208. The van der Waals surface area contributed by atoms with E-state index in [1.165, 1.54) is 0 Å². The number of likely N-dealkylation sites (tertiary alicyclic amines) is 1. The van der Waals surface area contributed by atoms with E-state index in [0.717, 1.165) is 56.6 Å². The summed E-state index contributed by atoms with van der Waals surface area (Å²) in [5.41, 5.74) is 0.987. The summed E-state index contributed by atoms with van der Waals surface area (Å²) in [6.07, 6.45) is 3.70. The lowest BCUT2D eigenvalue weighted by Gasteiger charge is -2.31. The second kappa shape index (κ2) is 7.83. The van der Waals surface area contributed by atoms with Gasteiger partial charge in [0, 0.05) is 12.5 Å². The minimum absolute atomic E-state index is 0. The van der Waals surface area contributed by atoms with Crippen LogP contribution in [0.3, 0.4) is 0 Å². The molecule has 130 valence electrons. The molecule has 0 aliphatic carbocycles. The number of ether oxygens (including phenoxy) is 1. The average Bonchev–Trinajstić information content (AvgIpc) is 2.97. The molecule has 5 nitrogen and oxygen atoms in total. The van der Waals surface area contributed by atoms with Crippen molar-refractivity contribution in [3.8, 4) is 5.75 Å². The van der Waals surface area contributed by atoms with Crippen LogP contribution in [0.15, 0.2) is 23.1 Å². The zero-order valence-electron chi connectivity index (χ0n) is 13.5. The first kappa shape index (κ1) is 18.5. The molecular formula is C16H25ClN2O3S. The maximum atomic E-state index is 12.5. The minimum atomic E-state index is -3.44. The van der Waals surface area contributed by atoms with Gasteiger partial charge in [0.25, 0.3) is 0 Å². The van der Waals surface area contributed by atoms with E-state index in [9.17, 15) is 8.42 Å². The Balaban J connectivity index is 0.00000192. The fraction of sp³-hybridized carbons (Fsp3) is 0.625. The van der Waals surface area contributed by atoms with Crippen molar-refractivity contribution in [2.75, 3.05) is 26.2 Å². The lowest BCUT2D eigenvalue weighted by Crippen LogP contribution is -2.44. The molecule has 0 spiro atoms. The number of hydrogen-bond acceptors (Lipinski definition) is 4. The van der Waals surface area contributed by atoms with Gasteiger partial charge >= 0.3 is 0 Å². The second-order valence-electron chi connectivity index (χ2n) is 6.11. The van der Waals surface area contributed by atoms with Crippen LogP contribution in [0.4, 0.5) is 0 Å². The van der Waals surface area contributed by atoms with Crippen molar-refractivity contribution in [2.24, 2.45) is 0 Å². The highest BCUT2D eigenvalue weighted by molar-refractivity contribution is 7.89. The van der Waals surface area contributed by atoms with Crippen LogP contribution >= 0.6 is 12.4 Å². The van der Waals surface area contributed by atoms with E-state index in [1.54, 1.807) is 18.2 Å². The van der Waals surface area contributed by atoms with Crippen molar-refractivity contribution in [1.82, 2.24) is 9.62 Å². The maximum Gasteiger partial charge on any atom is 0.240 e. The summed E-state index contributed by atoms with van der Waals surface area (Å²) in [5, 5.41) is 0. The quantitative estimate of drug-likeness (QED) is 0.874. The average molecular weight is 361 g/mol. The minimum Gasteiger partial charge on any atom is -0.493 e. The molecule has 1 saturated heterocycles. The lowest BCUT2D eigenvalue weighted by atomic mass is 10.1. The first-order valence-corrected chi connectivity index (χ1v) is 9.57. The molecule has 0 radical (unpaired) electrons. The normalized spacial score (nSPS) is 19.0. The molecule has 0 unspecified atom stereocenters. The third-order valence-corrected chi connectivity index (χ3v) is 5.94. The molecule has 1 fully saturated rings. The number of halogens is 1. The summed E-state index contributed by atoms with van der Waals surface area (Å²) in [7, 11) is -3.44. The highest BCUT2D eigenvalue weighted by Gasteiger charge is 2.25. The van der Waals surface area contributed by atoms with E-state index >= 15 is 0 Å². The highest BCUT2D eigenvalue weighted by atomic mass is 35.5. The van der Waals surface area contributed by atoms with Crippen LogP contribution in [0.1, 0.15) is 31.7 Å². The predicted octanol–water partition coefficient (Wildman–Crippen LogP) is 2.20. The number of sulfonamides is 1. The van der Waals surface area contributed by atoms with Crippen LogP contribution in [0.25, 0.3) is 0 Å². The Kier molecular flexibility index (Phi) is 6.31. The molecule has 0 amide bonds. The Hall–Kier alpha value is -0.820. The van der Waals surface area contributed by atoms with Crippen LogP contribution in [0.5, 0.6) is 5.75 Å². The predicted molar refractivity (Wildman–Crippen MR) is 93.0 cm³/mol. The topological polar surface area (TPSA) is 58.6 Å². The van der Waals surface area contributed by atoms with Gasteiger partial charge in [0.1, 0.15) is 5.75 Å². The highest BCUT2D eigenvalue weighted by Crippen LogP contribution is 2.27. The Morgan fingerprint density at radius 3 is 2.74 bits per heavy atom. The van der Waals surface area contributed by atoms with Crippen LogP contribution in [-0.2, 0) is 16.4 Å². The zero-order valence-corrected chi connectivity index (χ0v) is 15.1. The number of nitrogens with one attached hydrogen (secondary N) is 1. The molecule has 7 heteroatoms. The molecule has 1 aromatic rings. The van der Waals surface area contributed by atoms with Crippen molar-refractivity contribution >= 4 is 22.4 Å². The van der Waals surface area contributed by atoms with Gasteiger partial charge in [0.2, 0.25) is 10.0 Å². The molecule has 2 aliphatic rings. The van der Waals surface area contributed by atoms with Crippen molar-refractivity contribution in [1.29, 1.82) is 0 Å². The molecular weight excluding hydrogens is 336 g/mol. The third kappa shape index (κ3) is 4.38. The van der Waals surface area contributed by atoms with Gasteiger partial charge in [-0.1, -0.05) is 6.92 Å². The van der Waals surface area contributed by atoms with E-state index in [2.05, 4.69) is 16.5 Å². The fourth-order valence-corrected chi connectivity index (χ4v) is 4.56. The number of hydrogen-bond donors (Lipinski definition) is 1. The summed E-state index contributed by atoms with van der Waals surface area (Å²) >= 11 is 0. The van der Waals surface area contributed by atoms with Crippen LogP contribution in [0.2, 0.25) is 0 Å². The van der Waals surface area contributed by atoms with Crippen molar-refractivity contribution in [3.05, 3.63) is 23.8 Å². The second-order valence-corrected chi connectivity index (χ2v) is 7.82. The molecule has 2 heterocycles. The maximum absolute atomic E-state index is 12.5. The summed E-state index contributed by atoms with van der Waals surface area (Å²) in [6.45, 7) is 5.86. The van der Waals surface area contributed by atoms with Crippen molar-refractivity contribution in [3.63, 3.8) is 0 Å². The first-order chi connectivity index (χ1) is 10.6. The van der Waals surface area contributed by atoms with Crippen LogP contribution in [0, 0.1) is 0 Å². The van der Waals surface area contributed by atoms with Gasteiger partial charge in [0.05, 0.1) is 11.5 Å². The van der Waals surface area contributed by atoms with E-state index in [-0.39, 0.29) is 18.4 Å². The Morgan fingerprint density at radius 1 is 1.30 bits per heavy atom. The molecule has 23 heavy (non-hydrogen) atoms. The zero-order chi connectivity index (χ0) is 15.6. The number of rotatable bonds is 5. The van der Waals surface area contributed by atoms with Gasteiger partial charge in [-0.05, 0) is 62.7 Å². The summed E-state index contributed by atoms with van der Waals surface area (Å²) < 4.78 is 33.4. The molecule has 3 rings (SSSR count). The SMILES string of the molecule is CCCN1CCC(NS(=O)(=O)c2ccc3c(c2)CCO3)CC1.Cl. The van der Waals surface area contributed by atoms with Crippen molar-refractivity contribution < 1.29 is 13.2 Å². The van der Waals surface area contributed by atoms with Gasteiger partial charge < -0.3 is 9.64 Å². The molecule has 1 N–H and O–H groups in total. The Morgan fingerprint density at radius 2 is 2.04 bits per heavy atom. The van der Waals surface area contributed by atoms with Crippen LogP contribution < -0.4 is 9.46 Å². The third-order valence-electron chi connectivity index (χ3n) is 4.42. The molecule has 2 aliphatic heterocycles. The molecule has 0 saturated carbocycles. The summed E-state index contributed by atoms with van der Waals surface area (Å²) in [5.74, 6) is 0.812. The van der Waals surface area contributed by atoms with Gasteiger partial charge in [-0.3, -0.25) is 0 Å². The number of piperidine rings is 1. The number of fused-ring (bicyclic) bond motifs is 1. The number of benzene rings is 1. The van der Waals surface area contributed by atoms with E-state index in [0.29, 0.717) is 11.5 Å². The van der Waals surface area contributed by atoms with E-state index in [4.69, 9.17) is 4.74 Å². The van der Waals surface area contributed by atoms with Gasteiger partial charge in [0.15, 0.2) is 0 Å². The monoisotopic (exact) mass is 360 g/mol. The largest absolute Gasteiger partial charge is 0.493 e. The van der Waals surface area contributed by atoms with Gasteiger partial charge in [-0.2, -0.15) is 0 Å². The van der Waals surface area contributed by atoms with Crippen molar-refractivity contribution in [2.45, 2.75) is 43.5 Å². The standard InChI is InChI=1S/C16H24N2O3S.ClH/c1-2-8-18-9-5-14(6-10-18)17-22(19,20)15-3-4-16-13(12-15)7-11-21-16;/h3-4,12,14,17H,2,5-11H2,1H3;1H. The smallest absolute Gasteiger partial charge is 0.240 e. The van der Waals surface area contributed by atoms with E-state index < -0.39 is 10.0 Å². The summed E-state index contributed by atoms with van der Waals surface area (Å²) in [4.78, 5) is 2.75. The fourth-order valence-electron chi connectivity index (χ4n) is 3.21. The Labute approximate surface area is 144 Å². The molecule has 1 aromatic carbocycles. The Bertz CT molecular complexity index is 628. The van der Waals surface area contributed by atoms with E-state index in [1.807, 2.05) is 0 Å². The van der Waals surface area contributed by atoms with Gasteiger partial charge in [-0.25, -0.2) is 13.1 Å². The summed E-state index contributed by atoms with van der Waals surface area (Å²) in [6, 6.07) is 5.19. The molecule has 0 bridgehead atoms. The number of nitrogens with zero attached hydrogens (tertiary/aromatic N) is 1. The first-order valence-electron chi connectivity index (χ1n) is 8.09. The molecule has 0 atom stereocenters. The van der Waals surface area contributed by atoms with Crippen LogP contribution in [-0.4, -0.2) is 45.6 Å². The molecule has 0 aromatic heterocycles. The van der Waals surface area contributed by atoms with Gasteiger partial charge in [-0.15, -0.1) is 12.4 Å².